The standard InChI is InChI=1S/C18H13Cl2F2N3O/c1-10-16(18(26)23-12-6-7-14(21)15(22)8-12)17(20)25(24-10)9-11-4-2-3-5-13(11)19/h2-8H,9H2,1H3,(H,23,26). The fourth-order valence-corrected chi connectivity index (χ4v) is 2.99. The Hall–Kier alpha value is -2.44. The van der Waals surface area contributed by atoms with Crippen LogP contribution in [-0.2, 0) is 6.54 Å². The van der Waals surface area contributed by atoms with Crippen molar-refractivity contribution in [1.29, 1.82) is 0 Å². The van der Waals surface area contributed by atoms with Gasteiger partial charge in [-0.1, -0.05) is 41.4 Å². The van der Waals surface area contributed by atoms with E-state index in [0.717, 1.165) is 17.7 Å². The monoisotopic (exact) mass is 395 g/mol. The van der Waals surface area contributed by atoms with Gasteiger partial charge < -0.3 is 5.32 Å². The number of hydrogen-bond acceptors (Lipinski definition) is 2. The largest absolute Gasteiger partial charge is 0.322 e. The minimum Gasteiger partial charge on any atom is -0.322 e. The van der Waals surface area contributed by atoms with Gasteiger partial charge in [0.2, 0.25) is 0 Å². The van der Waals surface area contributed by atoms with Gasteiger partial charge in [-0.3, -0.25) is 4.79 Å². The summed E-state index contributed by atoms with van der Waals surface area (Å²) in [5.41, 5.74) is 1.47. The van der Waals surface area contributed by atoms with Gasteiger partial charge in [0, 0.05) is 16.8 Å². The van der Waals surface area contributed by atoms with Crippen molar-refractivity contribution >= 4 is 34.8 Å². The number of amides is 1. The lowest BCUT2D eigenvalue weighted by atomic mass is 10.2. The maximum atomic E-state index is 13.3. The second kappa shape index (κ2) is 7.43. The summed E-state index contributed by atoms with van der Waals surface area (Å²) in [6.45, 7) is 1.92. The van der Waals surface area contributed by atoms with Crippen molar-refractivity contribution in [3.8, 4) is 0 Å². The lowest BCUT2D eigenvalue weighted by Gasteiger charge is -2.07. The molecule has 3 aromatic rings. The Labute approximate surface area is 158 Å². The molecule has 0 fully saturated rings. The predicted octanol–water partition coefficient (Wildman–Crippen LogP) is 5.08. The Balaban J connectivity index is 1.86. The summed E-state index contributed by atoms with van der Waals surface area (Å²) in [5, 5.41) is 7.45. The third-order valence-corrected chi connectivity index (χ3v) is 4.50. The van der Waals surface area contributed by atoms with Crippen molar-refractivity contribution in [3.05, 3.63) is 81.1 Å². The molecule has 0 aliphatic heterocycles. The summed E-state index contributed by atoms with van der Waals surface area (Å²) in [4.78, 5) is 12.5. The van der Waals surface area contributed by atoms with Gasteiger partial charge in [-0.25, -0.2) is 13.5 Å². The van der Waals surface area contributed by atoms with E-state index < -0.39 is 17.5 Å². The van der Waals surface area contributed by atoms with E-state index in [4.69, 9.17) is 23.2 Å². The molecule has 1 heterocycles. The number of nitrogens with zero attached hydrogens (tertiary/aromatic N) is 2. The van der Waals surface area contributed by atoms with Crippen molar-refractivity contribution in [1.82, 2.24) is 9.78 Å². The number of hydrogen-bond donors (Lipinski definition) is 1. The third-order valence-electron chi connectivity index (χ3n) is 3.75. The van der Waals surface area contributed by atoms with Crippen molar-refractivity contribution in [2.24, 2.45) is 0 Å². The first-order chi connectivity index (χ1) is 12.4. The van der Waals surface area contributed by atoms with Crippen LogP contribution < -0.4 is 5.32 Å². The fraction of sp³-hybridized carbons (Fsp3) is 0.111. The normalized spacial score (nSPS) is 10.8. The van der Waals surface area contributed by atoms with Crippen molar-refractivity contribution < 1.29 is 13.6 Å². The highest BCUT2D eigenvalue weighted by atomic mass is 35.5. The van der Waals surface area contributed by atoms with Gasteiger partial charge in [-0.2, -0.15) is 5.10 Å². The highest BCUT2D eigenvalue weighted by Crippen LogP contribution is 2.24. The van der Waals surface area contributed by atoms with Gasteiger partial charge in [0.1, 0.15) is 5.15 Å². The molecule has 0 atom stereocenters. The molecule has 8 heteroatoms. The topological polar surface area (TPSA) is 46.9 Å². The maximum Gasteiger partial charge on any atom is 0.260 e. The molecule has 1 amide bonds. The lowest BCUT2D eigenvalue weighted by Crippen LogP contribution is -2.13. The SMILES string of the molecule is Cc1nn(Cc2ccccc2Cl)c(Cl)c1C(=O)Nc1ccc(F)c(F)c1. The first kappa shape index (κ1) is 18.4. The number of aryl methyl sites for hydroxylation is 1. The van der Waals surface area contributed by atoms with Gasteiger partial charge >= 0.3 is 0 Å². The molecule has 0 radical (unpaired) electrons. The van der Waals surface area contributed by atoms with Crippen LogP contribution in [0.3, 0.4) is 0 Å². The molecule has 0 spiro atoms. The second-order valence-electron chi connectivity index (χ2n) is 5.58. The summed E-state index contributed by atoms with van der Waals surface area (Å²) in [5.74, 6) is -2.62. The zero-order valence-corrected chi connectivity index (χ0v) is 15.1. The average molecular weight is 396 g/mol. The molecule has 0 saturated heterocycles. The van der Waals surface area contributed by atoms with Gasteiger partial charge in [0.25, 0.3) is 5.91 Å². The number of rotatable bonds is 4. The smallest absolute Gasteiger partial charge is 0.260 e. The van der Waals surface area contributed by atoms with Crippen molar-refractivity contribution in [2.75, 3.05) is 5.32 Å². The number of halogens is 4. The molecule has 0 saturated carbocycles. The number of benzene rings is 2. The average Bonchev–Trinajstić information content (AvgIpc) is 2.87. The van der Waals surface area contributed by atoms with E-state index in [9.17, 15) is 13.6 Å². The summed E-state index contributed by atoms with van der Waals surface area (Å²) in [7, 11) is 0. The number of carbonyl (C=O) groups excluding carboxylic acids is 1. The molecular weight excluding hydrogens is 383 g/mol. The Morgan fingerprint density at radius 3 is 2.58 bits per heavy atom. The van der Waals surface area contributed by atoms with Gasteiger partial charge in [-0.05, 0) is 30.7 Å². The molecule has 2 aromatic carbocycles. The Morgan fingerprint density at radius 2 is 1.88 bits per heavy atom. The summed E-state index contributed by atoms with van der Waals surface area (Å²) in [6, 6.07) is 10.3. The van der Waals surface area contributed by atoms with E-state index in [0.29, 0.717) is 10.7 Å². The summed E-state index contributed by atoms with van der Waals surface area (Å²) in [6.07, 6.45) is 0. The molecule has 4 nitrogen and oxygen atoms in total. The molecule has 0 unspecified atom stereocenters. The fourth-order valence-electron chi connectivity index (χ4n) is 2.47. The highest BCUT2D eigenvalue weighted by Gasteiger charge is 2.21. The molecule has 0 bridgehead atoms. The van der Waals surface area contributed by atoms with Crippen LogP contribution in [0.15, 0.2) is 42.5 Å². The van der Waals surface area contributed by atoms with Gasteiger partial charge in [0.05, 0.1) is 17.8 Å². The van der Waals surface area contributed by atoms with Crippen LogP contribution in [0.4, 0.5) is 14.5 Å². The van der Waals surface area contributed by atoms with E-state index in [1.54, 1.807) is 13.0 Å². The van der Waals surface area contributed by atoms with E-state index in [1.807, 2.05) is 18.2 Å². The number of carbonyl (C=O) groups is 1. The van der Waals surface area contributed by atoms with Crippen LogP contribution in [-0.4, -0.2) is 15.7 Å². The first-order valence-corrected chi connectivity index (χ1v) is 8.35. The minimum atomic E-state index is -1.06. The zero-order valence-electron chi connectivity index (χ0n) is 13.6. The molecule has 0 aliphatic rings. The summed E-state index contributed by atoms with van der Waals surface area (Å²) < 4.78 is 27.7. The van der Waals surface area contributed by atoms with Crippen LogP contribution in [0, 0.1) is 18.6 Å². The maximum absolute atomic E-state index is 13.3. The molecule has 3 rings (SSSR count). The van der Waals surface area contributed by atoms with Crippen LogP contribution in [0.1, 0.15) is 21.6 Å². The predicted molar refractivity (Wildman–Crippen MR) is 96.8 cm³/mol. The zero-order chi connectivity index (χ0) is 18.8. The molecule has 134 valence electrons. The van der Waals surface area contributed by atoms with Crippen molar-refractivity contribution in [2.45, 2.75) is 13.5 Å². The summed E-state index contributed by atoms with van der Waals surface area (Å²) >= 11 is 12.5. The first-order valence-electron chi connectivity index (χ1n) is 7.59. The Kier molecular flexibility index (Phi) is 5.25. The number of anilines is 1. The third kappa shape index (κ3) is 3.71. The quantitative estimate of drug-likeness (QED) is 0.669. The van der Waals surface area contributed by atoms with Crippen LogP contribution in [0.25, 0.3) is 0 Å². The van der Waals surface area contributed by atoms with Crippen LogP contribution in [0.2, 0.25) is 10.2 Å². The van der Waals surface area contributed by atoms with E-state index >= 15 is 0 Å². The second-order valence-corrected chi connectivity index (χ2v) is 6.35. The molecule has 1 N–H and O–H groups in total. The number of nitrogens with one attached hydrogen (secondary N) is 1. The minimum absolute atomic E-state index is 0.114. The van der Waals surface area contributed by atoms with Gasteiger partial charge in [-0.15, -0.1) is 0 Å². The number of aromatic nitrogens is 2. The Morgan fingerprint density at radius 1 is 1.15 bits per heavy atom. The van der Waals surface area contributed by atoms with E-state index in [-0.39, 0.29) is 22.9 Å². The highest BCUT2D eigenvalue weighted by molar-refractivity contribution is 6.34. The molecular formula is C18H13Cl2F2N3O. The van der Waals surface area contributed by atoms with Crippen LogP contribution >= 0.6 is 23.2 Å². The van der Waals surface area contributed by atoms with Gasteiger partial charge in [0.15, 0.2) is 11.6 Å². The van der Waals surface area contributed by atoms with Crippen LogP contribution in [0.5, 0.6) is 0 Å². The molecule has 0 aliphatic carbocycles. The molecule has 26 heavy (non-hydrogen) atoms. The van der Waals surface area contributed by atoms with E-state index in [1.165, 1.54) is 10.7 Å². The van der Waals surface area contributed by atoms with Crippen molar-refractivity contribution in [3.63, 3.8) is 0 Å². The lowest BCUT2D eigenvalue weighted by molar-refractivity contribution is 0.102. The molecule has 1 aromatic heterocycles. The van der Waals surface area contributed by atoms with E-state index in [2.05, 4.69) is 10.4 Å². The Bertz CT molecular complexity index is 989.